The molecule has 7 heteroatoms. The topological polar surface area (TPSA) is 59.4 Å². The molecule has 0 radical (unpaired) electrons. The molecular formula is C16H19ClN4O2. The molecule has 0 atom stereocenters. The minimum Gasteiger partial charge on any atom is -0.487 e. The second-order valence-electron chi connectivity index (χ2n) is 5.50. The zero-order valence-corrected chi connectivity index (χ0v) is 13.7. The highest BCUT2D eigenvalue weighted by Gasteiger charge is 2.32. The smallest absolute Gasteiger partial charge is 0.317 e. The van der Waals surface area contributed by atoms with Crippen molar-refractivity contribution >= 4 is 17.6 Å². The van der Waals surface area contributed by atoms with Crippen molar-refractivity contribution in [3.05, 3.63) is 47.5 Å². The number of rotatable bonds is 5. The fourth-order valence-electron chi connectivity index (χ4n) is 2.45. The van der Waals surface area contributed by atoms with Gasteiger partial charge in [0.05, 0.1) is 13.1 Å². The van der Waals surface area contributed by atoms with Crippen LogP contribution in [-0.2, 0) is 6.54 Å². The Labute approximate surface area is 140 Å². The van der Waals surface area contributed by atoms with Gasteiger partial charge in [-0.3, -0.25) is 0 Å². The molecule has 3 rings (SSSR count). The lowest BCUT2D eigenvalue weighted by Crippen LogP contribution is -2.59. The number of halogens is 1. The van der Waals surface area contributed by atoms with Gasteiger partial charge in [0.1, 0.15) is 17.7 Å². The first-order valence-electron chi connectivity index (χ1n) is 7.54. The third-order valence-electron chi connectivity index (χ3n) is 3.79. The number of amides is 2. The third kappa shape index (κ3) is 3.96. The molecule has 2 amide bonds. The van der Waals surface area contributed by atoms with Crippen LogP contribution in [0.25, 0.3) is 0 Å². The molecule has 0 bridgehead atoms. The van der Waals surface area contributed by atoms with Crippen molar-refractivity contribution in [1.82, 2.24) is 19.8 Å². The van der Waals surface area contributed by atoms with E-state index in [0.717, 1.165) is 11.6 Å². The Bertz CT molecular complexity index is 682. The Kier molecular flexibility index (Phi) is 4.71. The summed E-state index contributed by atoms with van der Waals surface area (Å²) < 4.78 is 7.77. The van der Waals surface area contributed by atoms with Gasteiger partial charge in [-0.05, 0) is 25.1 Å². The number of hydrogen-bond acceptors (Lipinski definition) is 3. The summed E-state index contributed by atoms with van der Waals surface area (Å²) in [5, 5.41) is 3.55. The number of nitrogens with zero attached hydrogens (tertiary/aromatic N) is 3. The van der Waals surface area contributed by atoms with Crippen LogP contribution in [0.5, 0.6) is 5.75 Å². The third-order valence-corrected chi connectivity index (χ3v) is 4.02. The first kappa shape index (κ1) is 15.7. The largest absolute Gasteiger partial charge is 0.487 e. The highest BCUT2D eigenvalue weighted by molar-refractivity contribution is 6.30. The number of benzene rings is 1. The molecule has 1 N–H and O–H groups in total. The van der Waals surface area contributed by atoms with Gasteiger partial charge in [0.15, 0.2) is 0 Å². The van der Waals surface area contributed by atoms with Gasteiger partial charge in [0.25, 0.3) is 0 Å². The molecule has 1 aliphatic rings. The van der Waals surface area contributed by atoms with Crippen molar-refractivity contribution in [2.75, 3.05) is 19.6 Å². The number of hydrogen-bond donors (Lipinski definition) is 1. The van der Waals surface area contributed by atoms with Crippen LogP contribution in [0.1, 0.15) is 5.82 Å². The standard InChI is InChI=1S/C16H19ClN4O2/c1-12-18-5-7-20(12)8-6-19-16(22)21-10-15(11-21)23-14-4-2-3-13(17)9-14/h2-5,7,9,15H,6,8,10-11H2,1H3,(H,19,22). The Hall–Kier alpha value is -2.21. The van der Waals surface area contributed by atoms with Crippen LogP contribution >= 0.6 is 11.6 Å². The zero-order chi connectivity index (χ0) is 16.2. The van der Waals surface area contributed by atoms with Crippen LogP contribution in [0.2, 0.25) is 5.02 Å². The molecule has 0 saturated carbocycles. The van der Waals surface area contributed by atoms with Gasteiger partial charge in [0, 0.05) is 30.5 Å². The first-order valence-corrected chi connectivity index (χ1v) is 7.92. The van der Waals surface area contributed by atoms with Gasteiger partial charge in [-0.1, -0.05) is 17.7 Å². The molecule has 0 aliphatic carbocycles. The van der Waals surface area contributed by atoms with Crippen molar-refractivity contribution in [3.63, 3.8) is 0 Å². The van der Waals surface area contributed by atoms with E-state index in [4.69, 9.17) is 16.3 Å². The molecule has 6 nitrogen and oxygen atoms in total. The van der Waals surface area contributed by atoms with Gasteiger partial charge >= 0.3 is 6.03 Å². The Balaban J connectivity index is 1.37. The normalized spacial score (nSPS) is 14.4. The summed E-state index contributed by atoms with van der Waals surface area (Å²) in [5.41, 5.74) is 0. The summed E-state index contributed by atoms with van der Waals surface area (Å²) in [4.78, 5) is 17.9. The van der Waals surface area contributed by atoms with Crippen LogP contribution in [0.3, 0.4) is 0 Å². The van der Waals surface area contributed by atoms with Gasteiger partial charge in [-0.2, -0.15) is 0 Å². The van der Waals surface area contributed by atoms with Gasteiger partial charge in [0.2, 0.25) is 0 Å². The summed E-state index contributed by atoms with van der Waals surface area (Å²) in [6.07, 6.45) is 3.68. The average molecular weight is 335 g/mol. The molecule has 2 heterocycles. The molecular weight excluding hydrogens is 316 g/mol. The Morgan fingerprint density at radius 1 is 1.48 bits per heavy atom. The van der Waals surface area contributed by atoms with Crippen LogP contribution < -0.4 is 10.1 Å². The number of imidazole rings is 1. The summed E-state index contributed by atoms with van der Waals surface area (Å²) in [6, 6.07) is 7.23. The van der Waals surface area contributed by atoms with Crippen molar-refractivity contribution in [3.8, 4) is 5.75 Å². The number of likely N-dealkylation sites (tertiary alicyclic amines) is 1. The second kappa shape index (κ2) is 6.91. The Morgan fingerprint density at radius 3 is 3.00 bits per heavy atom. The number of aromatic nitrogens is 2. The van der Waals surface area contributed by atoms with E-state index in [9.17, 15) is 4.79 Å². The monoisotopic (exact) mass is 334 g/mol. The number of ether oxygens (including phenoxy) is 1. The highest BCUT2D eigenvalue weighted by Crippen LogP contribution is 2.21. The van der Waals surface area contributed by atoms with Crippen molar-refractivity contribution in [2.24, 2.45) is 0 Å². The number of carbonyl (C=O) groups excluding carboxylic acids is 1. The number of aryl methyl sites for hydroxylation is 1. The van der Waals surface area contributed by atoms with Crippen LogP contribution in [0.4, 0.5) is 4.79 Å². The lowest BCUT2D eigenvalue weighted by Gasteiger charge is -2.38. The van der Waals surface area contributed by atoms with E-state index < -0.39 is 0 Å². The minimum absolute atomic E-state index is 0.0232. The van der Waals surface area contributed by atoms with E-state index >= 15 is 0 Å². The van der Waals surface area contributed by atoms with E-state index in [1.807, 2.05) is 29.8 Å². The van der Waals surface area contributed by atoms with E-state index in [-0.39, 0.29) is 12.1 Å². The Morgan fingerprint density at radius 2 is 2.30 bits per heavy atom. The van der Waals surface area contributed by atoms with E-state index in [1.54, 1.807) is 23.2 Å². The molecule has 1 fully saturated rings. The van der Waals surface area contributed by atoms with Crippen molar-refractivity contribution < 1.29 is 9.53 Å². The first-order chi connectivity index (χ1) is 11.1. The summed E-state index contributed by atoms with van der Waals surface area (Å²) in [6.45, 7) is 4.40. The maximum Gasteiger partial charge on any atom is 0.317 e. The lowest BCUT2D eigenvalue weighted by atomic mass is 10.2. The zero-order valence-electron chi connectivity index (χ0n) is 12.9. The number of carbonyl (C=O) groups is 1. The van der Waals surface area contributed by atoms with Crippen molar-refractivity contribution in [1.29, 1.82) is 0 Å². The van der Waals surface area contributed by atoms with Crippen LogP contribution in [-0.4, -0.2) is 46.2 Å². The molecule has 1 aromatic carbocycles. The summed E-state index contributed by atoms with van der Waals surface area (Å²) in [5.74, 6) is 1.68. The predicted octanol–water partition coefficient (Wildman–Crippen LogP) is 2.32. The highest BCUT2D eigenvalue weighted by atomic mass is 35.5. The molecule has 1 aliphatic heterocycles. The van der Waals surface area contributed by atoms with Crippen molar-refractivity contribution in [2.45, 2.75) is 19.6 Å². The van der Waals surface area contributed by atoms with Crippen LogP contribution in [0, 0.1) is 6.92 Å². The number of nitrogens with one attached hydrogen (secondary N) is 1. The SMILES string of the molecule is Cc1nccn1CCNC(=O)N1CC(Oc2cccc(Cl)c2)C1. The molecule has 1 aromatic heterocycles. The minimum atomic E-state index is -0.0614. The van der Waals surface area contributed by atoms with Gasteiger partial charge < -0.3 is 19.5 Å². The second-order valence-corrected chi connectivity index (χ2v) is 5.94. The quantitative estimate of drug-likeness (QED) is 0.913. The van der Waals surface area contributed by atoms with E-state index in [1.165, 1.54) is 0 Å². The molecule has 0 spiro atoms. The molecule has 122 valence electrons. The molecule has 2 aromatic rings. The van der Waals surface area contributed by atoms with Gasteiger partial charge in [-0.25, -0.2) is 9.78 Å². The van der Waals surface area contributed by atoms with Crippen LogP contribution in [0.15, 0.2) is 36.7 Å². The molecule has 0 unspecified atom stereocenters. The maximum atomic E-state index is 12.0. The average Bonchev–Trinajstić information content (AvgIpc) is 2.88. The summed E-state index contributed by atoms with van der Waals surface area (Å²) in [7, 11) is 0. The predicted molar refractivity (Wildman–Crippen MR) is 87.8 cm³/mol. The fourth-order valence-corrected chi connectivity index (χ4v) is 2.63. The fraction of sp³-hybridized carbons (Fsp3) is 0.375. The van der Waals surface area contributed by atoms with Gasteiger partial charge in [-0.15, -0.1) is 0 Å². The maximum absolute atomic E-state index is 12.0. The molecule has 23 heavy (non-hydrogen) atoms. The lowest BCUT2D eigenvalue weighted by molar-refractivity contribution is 0.0444. The number of urea groups is 1. The van der Waals surface area contributed by atoms with E-state index in [0.29, 0.717) is 31.2 Å². The molecule has 1 saturated heterocycles. The van der Waals surface area contributed by atoms with E-state index in [2.05, 4.69) is 10.3 Å². The summed E-state index contributed by atoms with van der Waals surface area (Å²) >= 11 is 5.92.